The van der Waals surface area contributed by atoms with E-state index in [1.54, 1.807) is 7.11 Å². The second kappa shape index (κ2) is 7.67. The van der Waals surface area contributed by atoms with Crippen molar-refractivity contribution in [3.05, 3.63) is 53.9 Å². The van der Waals surface area contributed by atoms with Gasteiger partial charge < -0.3 is 9.47 Å². The molecule has 1 aromatic carbocycles. The summed E-state index contributed by atoms with van der Waals surface area (Å²) >= 11 is 0. The van der Waals surface area contributed by atoms with E-state index < -0.39 is 0 Å². The van der Waals surface area contributed by atoms with Crippen LogP contribution < -0.4 is 9.47 Å². The number of hydrogen-bond acceptors (Lipinski definition) is 3. The van der Waals surface area contributed by atoms with Gasteiger partial charge in [0.25, 0.3) is 0 Å². The summed E-state index contributed by atoms with van der Waals surface area (Å²) in [7, 11) is 1.67. The van der Waals surface area contributed by atoms with E-state index in [0.717, 1.165) is 24.3 Å². The minimum Gasteiger partial charge on any atom is -0.493 e. The van der Waals surface area contributed by atoms with E-state index in [1.165, 1.54) is 11.1 Å². The number of rotatable bonds is 7. The second-order valence-corrected chi connectivity index (χ2v) is 4.97. The Balaban J connectivity index is 2.38. The first kappa shape index (κ1) is 15.4. The molecular weight excluding hydrogens is 262 g/mol. The molecule has 0 saturated carbocycles. The molecule has 0 radical (unpaired) electrons. The van der Waals surface area contributed by atoms with Gasteiger partial charge in [0.1, 0.15) is 0 Å². The molecule has 1 aromatic heterocycles. The maximum atomic E-state index is 5.70. The van der Waals surface area contributed by atoms with Crippen LogP contribution in [0.15, 0.2) is 42.7 Å². The molecule has 0 spiro atoms. The summed E-state index contributed by atoms with van der Waals surface area (Å²) < 4.78 is 11.1. The average molecular weight is 285 g/mol. The highest BCUT2D eigenvalue weighted by atomic mass is 16.5. The number of benzene rings is 1. The molecule has 0 aliphatic rings. The summed E-state index contributed by atoms with van der Waals surface area (Å²) in [6.45, 7) is 4.83. The van der Waals surface area contributed by atoms with Crippen LogP contribution in [0.5, 0.6) is 11.5 Å². The van der Waals surface area contributed by atoms with Gasteiger partial charge in [-0.2, -0.15) is 0 Å². The molecule has 2 aromatic rings. The second-order valence-electron chi connectivity index (χ2n) is 4.97. The van der Waals surface area contributed by atoms with Crippen LogP contribution in [-0.4, -0.2) is 18.7 Å². The molecule has 0 aliphatic heterocycles. The van der Waals surface area contributed by atoms with Crippen LogP contribution in [0.3, 0.4) is 0 Å². The molecular formula is C18H23NO2. The van der Waals surface area contributed by atoms with Gasteiger partial charge in [0.05, 0.1) is 13.7 Å². The van der Waals surface area contributed by atoms with Crippen molar-refractivity contribution in [1.82, 2.24) is 4.98 Å². The van der Waals surface area contributed by atoms with Crippen molar-refractivity contribution in [2.24, 2.45) is 0 Å². The number of ether oxygens (including phenoxy) is 2. The van der Waals surface area contributed by atoms with Crippen molar-refractivity contribution >= 4 is 0 Å². The van der Waals surface area contributed by atoms with Crippen molar-refractivity contribution < 1.29 is 9.47 Å². The minimum atomic E-state index is 0.364. The molecule has 1 heterocycles. The molecule has 0 fully saturated rings. The van der Waals surface area contributed by atoms with Crippen LogP contribution in [0, 0.1) is 0 Å². The van der Waals surface area contributed by atoms with Crippen molar-refractivity contribution in [1.29, 1.82) is 0 Å². The van der Waals surface area contributed by atoms with Crippen molar-refractivity contribution in [2.75, 3.05) is 13.7 Å². The van der Waals surface area contributed by atoms with E-state index in [0.29, 0.717) is 12.5 Å². The fourth-order valence-electron chi connectivity index (χ4n) is 2.59. The van der Waals surface area contributed by atoms with Gasteiger partial charge in [-0.25, -0.2) is 0 Å². The molecule has 1 atom stereocenters. The summed E-state index contributed by atoms with van der Waals surface area (Å²) in [5.74, 6) is 1.96. The Morgan fingerprint density at radius 1 is 1.00 bits per heavy atom. The molecule has 0 aliphatic carbocycles. The summed E-state index contributed by atoms with van der Waals surface area (Å²) in [6.07, 6.45) is 5.93. The summed E-state index contributed by atoms with van der Waals surface area (Å²) in [4.78, 5) is 4.11. The predicted octanol–water partition coefficient (Wildman–Crippen LogP) is 4.42. The van der Waals surface area contributed by atoms with Gasteiger partial charge in [-0.3, -0.25) is 4.98 Å². The lowest BCUT2D eigenvalue weighted by Crippen LogP contribution is -2.03. The van der Waals surface area contributed by atoms with Crippen LogP contribution in [0.2, 0.25) is 0 Å². The highest BCUT2D eigenvalue weighted by Crippen LogP contribution is 2.35. The molecule has 3 nitrogen and oxygen atoms in total. The lowest BCUT2D eigenvalue weighted by atomic mass is 9.88. The third-order valence-electron chi connectivity index (χ3n) is 3.58. The zero-order valence-electron chi connectivity index (χ0n) is 13.0. The number of methoxy groups -OCH3 is 1. The lowest BCUT2D eigenvalue weighted by Gasteiger charge is -2.19. The topological polar surface area (TPSA) is 31.4 Å². The molecule has 0 saturated heterocycles. The van der Waals surface area contributed by atoms with Gasteiger partial charge >= 0.3 is 0 Å². The normalized spacial score (nSPS) is 12.0. The lowest BCUT2D eigenvalue weighted by molar-refractivity contribution is 0.310. The summed E-state index contributed by atoms with van der Waals surface area (Å²) in [5.41, 5.74) is 2.55. The van der Waals surface area contributed by atoms with Crippen LogP contribution in [0.25, 0.3) is 0 Å². The largest absolute Gasteiger partial charge is 0.493 e. The van der Waals surface area contributed by atoms with Crippen molar-refractivity contribution in [2.45, 2.75) is 32.6 Å². The fourth-order valence-corrected chi connectivity index (χ4v) is 2.59. The highest BCUT2D eigenvalue weighted by molar-refractivity contribution is 5.46. The quantitative estimate of drug-likeness (QED) is 0.754. The third-order valence-corrected chi connectivity index (χ3v) is 3.58. The summed E-state index contributed by atoms with van der Waals surface area (Å²) in [6, 6.07) is 10.4. The highest BCUT2D eigenvalue weighted by Gasteiger charge is 2.16. The molecule has 0 N–H and O–H groups in total. The first-order chi connectivity index (χ1) is 10.3. The Bertz CT molecular complexity index is 554. The zero-order chi connectivity index (χ0) is 15.1. The Kier molecular flexibility index (Phi) is 5.61. The first-order valence-corrected chi connectivity index (χ1v) is 7.50. The number of hydrogen-bond donors (Lipinski definition) is 0. The Morgan fingerprint density at radius 3 is 2.38 bits per heavy atom. The van der Waals surface area contributed by atoms with E-state index >= 15 is 0 Å². The average Bonchev–Trinajstić information content (AvgIpc) is 2.54. The first-order valence-electron chi connectivity index (χ1n) is 7.50. The SMILES string of the molecule is CCCC(c1ccncc1)c1ccc(OC)c(OCC)c1. The van der Waals surface area contributed by atoms with Crippen LogP contribution in [0.1, 0.15) is 43.7 Å². The van der Waals surface area contributed by atoms with Crippen molar-refractivity contribution in [3.63, 3.8) is 0 Å². The minimum absolute atomic E-state index is 0.364. The number of nitrogens with zero attached hydrogens (tertiary/aromatic N) is 1. The Labute approximate surface area is 126 Å². The van der Waals surface area contributed by atoms with Gasteiger partial charge in [0.2, 0.25) is 0 Å². The smallest absolute Gasteiger partial charge is 0.161 e. The van der Waals surface area contributed by atoms with Gasteiger partial charge in [-0.15, -0.1) is 0 Å². The molecule has 112 valence electrons. The van der Waals surface area contributed by atoms with E-state index in [-0.39, 0.29) is 0 Å². The number of aromatic nitrogens is 1. The van der Waals surface area contributed by atoms with Crippen LogP contribution in [-0.2, 0) is 0 Å². The number of pyridine rings is 1. The van der Waals surface area contributed by atoms with Gasteiger partial charge in [-0.1, -0.05) is 19.4 Å². The van der Waals surface area contributed by atoms with Crippen molar-refractivity contribution in [3.8, 4) is 11.5 Å². The monoisotopic (exact) mass is 285 g/mol. The molecule has 3 heteroatoms. The van der Waals surface area contributed by atoms with E-state index in [9.17, 15) is 0 Å². The third kappa shape index (κ3) is 3.75. The Hall–Kier alpha value is -2.03. The molecule has 2 rings (SSSR count). The van der Waals surface area contributed by atoms with E-state index in [2.05, 4.69) is 36.2 Å². The fraction of sp³-hybridized carbons (Fsp3) is 0.389. The molecule has 0 bridgehead atoms. The van der Waals surface area contributed by atoms with Crippen LogP contribution in [0.4, 0.5) is 0 Å². The molecule has 0 amide bonds. The predicted molar refractivity (Wildman–Crippen MR) is 85.2 cm³/mol. The van der Waals surface area contributed by atoms with Crippen LogP contribution >= 0.6 is 0 Å². The maximum absolute atomic E-state index is 5.70. The standard InChI is InChI=1S/C18H23NO2/c1-4-6-16(14-9-11-19-12-10-14)15-7-8-17(20-3)18(13-15)21-5-2/h7-13,16H,4-6H2,1-3H3. The van der Waals surface area contributed by atoms with E-state index in [4.69, 9.17) is 9.47 Å². The zero-order valence-corrected chi connectivity index (χ0v) is 13.0. The molecule has 21 heavy (non-hydrogen) atoms. The van der Waals surface area contributed by atoms with Gasteiger partial charge in [-0.05, 0) is 48.7 Å². The summed E-state index contributed by atoms with van der Waals surface area (Å²) in [5, 5.41) is 0. The van der Waals surface area contributed by atoms with E-state index in [1.807, 2.05) is 25.4 Å². The Morgan fingerprint density at radius 2 is 1.76 bits per heavy atom. The van der Waals surface area contributed by atoms with Gasteiger partial charge in [0, 0.05) is 18.3 Å². The maximum Gasteiger partial charge on any atom is 0.161 e. The van der Waals surface area contributed by atoms with Gasteiger partial charge in [0.15, 0.2) is 11.5 Å². The molecule has 1 unspecified atom stereocenters.